The number of hydrogen-bond donors (Lipinski definition) is 2. The number of hydrogen-bond acceptors (Lipinski definition) is 6. The Balaban J connectivity index is 1.76. The fourth-order valence-corrected chi connectivity index (χ4v) is 4.06. The van der Waals surface area contributed by atoms with Crippen LogP contribution in [0.1, 0.15) is 29.8 Å². The van der Waals surface area contributed by atoms with Crippen molar-refractivity contribution < 1.29 is 9.59 Å². The quantitative estimate of drug-likeness (QED) is 0.827. The van der Waals surface area contributed by atoms with Gasteiger partial charge in [-0.15, -0.1) is 11.3 Å². The second-order valence-electron chi connectivity index (χ2n) is 6.26. The molecule has 1 atom stereocenters. The van der Waals surface area contributed by atoms with Crippen molar-refractivity contribution in [2.75, 3.05) is 45.6 Å². The van der Waals surface area contributed by atoms with E-state index in [2.05, 4.69) is 27.6 Å². The molecule has 2 aliphatic heterocycles. The average molecular weight is 337 g/mol. The van der Waals surface area contributed by atoms with Gasteiger partial charge in [0.1, 0.15) is 5.69 Å². The van der Waals surface area contributed by atoms with E-state index in [4.69, 9.17) is 0 Å². The average Bonchev–Trinajstić information content (AvgIpc) is 2.96. The Hall–Kier alpha value is -1.67. The fourth-order valence-electron chi connectivity index (χ4n) is 3.42. The van der Waals surface area contributed by atoms with Gasteiger partial charge in [-0.3, -0.25) is 14.5 Å². The lowest BCUT2D eigenvalue weighted by molar-refractivity contribution is -0.121. The van der Waals surface area contributed by atoms with Crippen LogP contribution in [0, 0.1) is 0 Å². The van der Waals surface area contributed by atoms with Gasteiger partial charge in [-0.25, -0.2) is 4.98 Å². The van der Waals surface area contributed by atoms with Crippen molar-refractivity contribution in [3.05, 3.63) is 11.1 Å². The van der Waals surface area contributed by atoms with Crippen molar-refractivity contribution in [1.29, 1.82) is 0 Å². The fraction of sp³-hybridized carbons (Fsp3) is 0.667. The number of amides is 2. The first-order valence-corrected chi connectivity index (χ1v) is 8.82. The molecule has 8 heteroatoms. The van der Waals surface area contributed by atoms with E-state index < -0.39 is 0 Å². The number of likely N-dealkylation sites (N-methyl/N-ethyl adjacent to an activating group) is 1. The highest BCUT2D eigenvalue weighted by Crippen LogP contribution is 2.31. The minimum atomic E-state index is -0.116. The first-order chi connectivity index (χ1) is 11.0. The van der Waals surface area contributed by atoms with Crippen molar-refractivity contribution in [2.45, 2.75) is 24.8 Å². The summed E-state index contributed by atoms with van der Waals surface area (Å²) in [4.78, 5) is 32.9. The van der Waals surface area contributed by atoms with Gasteiger partial charge >= 0.3 is 0 Å². The van der Waals surface area contributed by atoms with Crippen LogP contribution in [0.25, 0.3) is 0 Å². The van der Waals surface area contributed by atoms with Gasteiger partial charge in [0.2, 0.25) is 5.91 Å². The zero-order valence-corrected chi connectivity index (χ0v) is 14.4. The Morgan fingerprint density at radius 2 is 2.26 bits per heavy atom. The van der Waals surface area contributed by atoms with Gasteiger partial charge in [-0.2, -0.15) is 0 Å². The summed E-state index contributed by atoms with van der Waals surface area (Å²) in [6.45, 7) is 2.85. The molecule has 3 heterocycles. The third kappa shape index (κ3) is 3.18. The number of carbonyl (C=O) groups is 2. The lowest BCUT2D eigenvalue weighted by Crippen LogP contribution is -2.62. The monoisotopic (exact) mass is 337 g/mol. The van der Waals surface area contributed by atoms with Crippen molar-refractivity contribution in [1.82, 2.24) is 20.1 Å². The van der Waals surface area contributed by atoms with Crippen LogP contribution in [-0.2, 0) is 4.79 Å². The summed E-state index contributed by atoms with van der Waals surface area (Å²) in [5.74, 6) is 0.0932. The maximum atomic E-state index is 12.8. The van der Waals surface area contributed by atoms with E-state index in [0.717, 1.165) is 24.5 Å². The zero-order valence-electron chi connectivity index (χ0n) is 13.6. The van der Waals surface area contributed by atoms with Crippen LogP contribution in [0.15, 0.2) is 5.38 Å². The van der Waals surface area contributed by atoms with Crippen molar-refractivity contribution in [3.8, 4) is 0 Å². The number of rotatable bonds is 2. The Morgan fingerprint density at radius 3 is 3.00 bits per heavy atom. The van der Waals surface area contributed by atoms with E-state index in [-0.39, 0.29) is 17.4 Å². The molecule has 126 valence electrons. The molecule has 1 aromatic heterocycles. The lowest BCUT2D eigenvalue weighted by atomic mass is 9.86. The minimum absolute atomic E-state index is 0.0150. The summed E-state index contributed by atoms with van der Waals surface area (Å²) in [5, 5.41) is 8.45. The summed E-state index contributed by atoms with van der Waals surface area (Å²) >= 11 is 1.44. The molecule has 2 N–H and O–H groups in total. The largest absolute Gasteiger partial charge is 0.365 e. The topological polar surface area (TPSA) is 77.6 Å². The highest BCUT2D eigenvalue weighted by Gasteiger charge is 2.42. The number of piperazine rings is 1. The molecule has 0 bridgehead atoms. The van der Waals surface area contributed by atoms with Crippen LogP contribution in [0.3, 0.4) is 0 Å². The SMILES string of the molecule is CNc1nc(C(=O)N2CCN(C)C3(CCNC(=O)CC3)C2)cs1. The molecule has 2 amide bonds. The van der Waals surface area contributed by atoms with E-state index in [1.54, 1.807) is 12.4 Å². The molecule has 2 aliphatic rings. The Labute approximate surface area is 140 Å². The summed E-state index contributed by atoms with van der Waals surface area (Å²) < 4.78 is 0. The molecule has 0 aliphatic carbocycles. The summed E-state index contributed by atoms with van der Waals surface area (Å²) in [5.41, 5.74) is 0.386. The van der Waals surface area contributed by atoms with Gasteiger partial charge in [0.05, 0.1) is 0 Å². The van der Waals surface area contributed by atoms with E-state index >= 15 is 0 Å². The van der Waals surface area contributed by atoms with Gasteiger partial charge in [0.15, 0.2) is 5.13 Å². The number of nitrogens with zero attached hydrogens (tertiary/aromatic N) is 3. The normalized spacial score (nSPS) is 26.0. The molecule has 3 rings (SSSR count). The molecule has 1 aromatic rings. The maximum Gasteiger partial charge on any atom is 0.273 e. The molecule has 0 radical (unpaired) electrons. The number of carbonyl (C=O) groups excluding carboxylic acids is 2. The second-order valence-corrected chi connectivity index (χ2v) is 7.12. The first kappa shape index (κ1) is 16.2. The van der Waals surface area contributed by atoms with Crippen LogP contribution in [0.2, 0.25) is 0 Å². The molecule has 0 saturated carbocycles. The standard InChI is InChI=1S/C15H23N5O2S/c1-16-14-18-11(9-23-14)13(22)20-8-7-19(2)15(10-20)4-3-12(21)17-6-5-15/h9H,3-8,10H2,1-2H3,(H,16,18)(H,17,21). The summed E-state index contributed by atoms with van der Waals surface area (Å²) in [7, 11) is 3.90. The minimum Gasteiger partial charge on any atom is -0.365 e. The summed E-state index contributed by atoms with van der Waals surface area (Å²) in [6.07, 6.45) is 2.18. The molecular formula is C15H23N5O2S. The molecular weight excluding hydrogens is 314 g/mol. The van der Waals surface area contributed by atoms with Gasteiger partial charge in [-0.05, 0) is 19.9 Å². The van der Waals surface area contributed by atoms with E-state index in [1.165, 1.54) is 11.3 Å². The van der Waals surface area contributed by atoms with E-state index in [1.807, 2.05) is 4.90 Å². The predicted molar refractivity (Wildman–Crippen MR) is 89.8 cm³/mol. The highest BCUT2D eigenvalue weighted by molar-refractivity contribution is 7.13. The molecule has 23 heavy (non-hydrogen) atoms. The lowest BCUT2D eigenvalue weighted by Gasteiger charge is -2.49. The van der Waals surface area contributed by atoms with Gasteiger partial charge in [0.25, 0.3) is 5.91 Å². The van der Waals surface area contributed by atoms with Crippen molar-refractivity contribution in [3.63, 3.8) is 0 Å². The van der Waals surface area contributed by atoms with Crippen LogP contribution >= 0.6 is 11.3 Å². The Kier molecular flexibility index (Phi) is 4.54. The van der Waals surface area contributed by atoms with E-state index in [0.29, 0.717) is 31.7 Å². The number of aromatic nitrogens is 1. The molecule has 0 aromatic carbocycles. The number of anilines is 1. The molecule has 2 fully saturated rings. The molecule has 7 nitrogen and oxygen atoms in total. The van der Waals surface area contributed by atoms with E-state index in [9.17, 15) is 9.59 Å². The number of thiazole rings is 1. The predicted octanol–water partition coefficient (Wildman–Crippen LogP) is 0.611. The smallest absolute Gasteiger partial charge is 0.273 e. The van der Waals surface area contributed by atoms with Crippen LogP contribution in [0.4, 0.5) is 5.13 Å². The maximum absolute atomic E-state index is 12.8. The third-order valence-electron chi connectivity index (χ3n) is 4.95. The van der Waals surface area contributed by atoms with Gasteiger partial charge in [-0.1, -0.05) is 0 Å². The Morgan fingerprint density at radius 1 is 1.43 bits per heavy atom. The summed E-state index contributed by atoms with van der Waals surface area (Å²) in [6, 6.07) is 0. The third-order valence-corrected chi connectivity index (χ3v) is 5.81. The molecule has 2 saturated heterocycles. The zero-order chi connectivity index (χ0) is 16.4. The highest BCUT2D eigenvalue weighted by atomic mass is 32.1. The Bertz CT molecular complexity index is 604. The number of nitrogens with one attached hydrogen (secondary N) is 2. The van der Waals surface area contributed by atoms with Crippen LogP contribution in [0.5, 0.6) is 0 Å². The van der Waals surface area contributed by atoms with Crippen molar-refractivity contribution >= 4 is 28.3 Å². The van der Waals surface area contributed by atoms with Gasteiger partial charge < -0.3 is 15.5 Å². The second kappa shape index (κ2) is 6.45. The van der Waals surface area contributed by atoms with Crippen LogP contribution in [-0.4, -0.2) is 72.4 Å². The molecule has 1 spiro atoms. The first-order valence-electron chi connectivity index (χ1n) is 7.94. The van der Waals surface area contributed by atoms with Gasteiger partial charge in [0, 0.05) is 50.6 Å². The van der Waals surface area contributed by atoms with Crippen molar-refractivity contribution in [2.24, 2.45) is 0 Å². The van der Waals surface area contributed by atoms with Crippen LogP contribution < -0.4 is 10.6 Å². The molecule has 1 unspecified atom stereocenters.